The molecule has 3 amide bonds. The van der Waals surface area contributed by atoms with Crippen LogP contribution in [0.4, 0.5) is 18.0 Å². The molecule has 0 bridgehead atoms. The number of amides is 3. The molecule has 1 N–H and O–H groups in total. The van der Waals surface area contributed by atoms with Crippen LogP contribution in [0.5, 0.6) is 0 Å². The van der Waals surface area contributed by atoms with Crippen molar-refractivity contribution in [1.29, 1.82) is 0 Å². The second kappa shape index (κ2) is 6.87. The van der Waals surface area contributed by atoms with Crippen molar-refractivity contribution in [3.63, 3.8) is 0 Å². The van der Waals surface area contributed by atoms with Crippen molar-refractivity contribution >= 4 is 23.3 Å². The first-order chi connectivity index (χ1) is 11.8. The Kier molecular flexibility index (Phi) is 4.80. The van der Waals surface area contributed by atoms with Gasteiger partial charge in [-0.15, -0.1) is 11.3 Å². The van der Waals surface area contributed by atoms with Gasteiger partial charge in [-0.25, -0.2) is 4.79 Å². The van der Waals surface area contributed by atoms with Crippen LogP contribution in [0, 0.1) is 0 Å². The number of nitrogens with one attached hydrogen (secondary N) is 1. The molecule has 132 valence electrons. The Labute approximate surface area is 146 Å². The maximum absolute atomic E-state index is 12.5. The Morgan fingerprint density at radius 2 is 1.96 bits per heavy atom. The molecule has 1 aromatic carbocycles. The number of β-lactam (4-membered cyclic amide) rings is 1. The van der Waals surface area contributed by atoms with Gasteiger partial charge in [0, 0.05) is 24.3 Å². The van der Waals surface area contributed by atoms with E-state index in [1.807, 2.05) is 17.5 Å². The van der Waals surface area contributed by atoms with E-state index in [-0.39, 0.29) is 18.5 Å². The molecule has 3 rings (SSSR count). The van der Waals surface area contributed by atoms with Crippen LogP contribution in [0.15, 0.2) is 41.8 Å². The summed E-state index contributed by atoms with van der Waals surface area (Å²) in [6, 6.07) is 7.73. The minimum Gasteiger partial charge on any atom is -0.334 e. The number of hydrogen-bond acceptors (Lipinski definition) is 3. The number of rotatable bonds is 4. The summed E-state index contributed by atoms with van der Waals surface area (Å²) in [5.74, 6) is -0.244. The Balaban J connectivity index is 1.55. The predicted molar refractivity (Wildman–Crippen MR) is 87.0 cm³/mol. The van der Waals surface area contributed by atoms with Crippen LogP contribution >= 0.6 is 11.3 Å². The largest absolute Gasteiger partial charge is 0.416 e. The second-order valence-electron chi connectivity index (χ2n) is 5.76. The summed E-state index contributed by atoms with van der Waals surface area (Å²) >= 11 is 1.57. The third-order valence-corrected chi connectivity index (χ3v) is 4.90. The number of likely N-dealkylation sites (tertiary alicyclic amines) is 1. The van der Waals surface area contributed by atoms with E-state index in [2.05, 4.69) is 5.32 Å². The summed E-state index contributed by atoms with van der Waals surface area (Å²) in [4.78, 5) is 26.2. The normalized spacial score (nSPS) is 17.3. The number of nitrogens with zero attached hydrogens (tertiary/aromatic N) is 1. The molecule has 0 spiro atoms. The van der Waals surface area contributed by atoms with E-state index in [0.29, 0.717) is 18.4 Å². The Bertz CT molecular complexity index is 757. The van der Waals surface area contributed by atoms with Gasteiger partial charge in [0.05, 0.1) is 11.6 Å². The number of thiophene rings is 1. The maximum Gasteiger partial charge on any atom is 0.416 e. The Hall–Kier alpha value is -2.35. The molecule has 4 nitrogen and oxygen atoms in total. The van der Waals surface area contributed by atoms with E-state index in [0.717, 1.165) is 17.0 Å². The minimum absolute atomic E-state index is 0.0620. The molecule has 1 fully saturated rings. The second-order valence-corrected chi connectivity index (χ2v) is 6.79. The van der Waals surface area contributed by atoms with E-state index in [9.17, 15) is 22.8 Å². The van der Waals surface area contributed by atoms with Gasteiger partial charge in [-0.1, -0.05) is 18.2 Å². The number of benzene rings is 1. The minimum atomic E-state index is -4.39. The number of carbonyl (C=O) groups excluding carboxylic acids is 2. The van der Waals surface area contributed by atoms with Gasteiger partial charge in [-0.05, 0) is 29.1 Å². The fourth-order valence-corrected chi connectivity index (χ4v) is 3.44. The molecule has 1 saturated heterocycles. The van der Waals surface area contributed by atoms with E-state index in [4.69, 9.17) is 0 Å². The Morgan fingerprint density at radius 1 is 1.24 bits per heavy atom. The summed E-state index contributed by atoms with van der Waals surface area (Å²) in [5, 5.41) is 4.52. The molecule has 0 unspecified atom stereocenters. The van der Waals surface area contributed by atoms with Crippen molar-refractivity contribution in [3.8, 4) is 0 Å². The van der Waals surface area contributed by atoms with Crippen LogP contribution in [-0.2, 0) is 23.9 Å². The lowest BCUT2D eigenvalue weighted by Crippen LogP contribution is -2.59. The summed E-state index contributed by atoms with van der Waals surface area (Å²) in [6.45, 7) is 0.0620. The zero-order valence-electron chi connectivity index (χ0n) is 13.0. The van der Waals surface area contributed by atoms with Crippen LogP contribution in [0.3, 0.4) is 0 Å². The van der Waals surface area contributed by atoms with Gasteiger partial charge in [0.2, 0.25) is 5.91 Å². The first-order valence-electron chi connectivity index (χ1n) is 7.63. The molecular formula is C17H15F3N2O2S. The van der Waals surface area contributed by atoms with Crippen LogP contribution < -0.4 is 5.32 Å². The first kappa shape index (κ1) is 17.5. The number of alkyl halides is 3. The Morgan fingerprint density at radius 3 is 2.52 bits per heavy atom. The van der Waals surface area contributed by atoms with Crippen molar-refractivity contribution in [1.82, 2.24) is 10.2 Å². The molecule has 1 atom stereocenters. The van der Waals surface area contributed by atoms with E-state index in [1.54, 1.807) is 11.3 Å². The molecule has 0 saturated carbocycles. The van der Waals surface area contributed by atoms with E-state index < -0.39 is 17.8 Å². The van der Waals surface area contributed by atoms with Crippen LogP contribution in [0.2, 0.25) is 0 Å². The van der Waals surface area contributed by atoms with Gasteiger partial charge in [-0.2, -0.15) is 13.2 Å². The summed E-state index contributed by atoms with van der Waals surface area (Å²) in [7, 11) is 0. The monoisotopic (exact) mass is 368 g/mol. The van der Waals surface area contributed by atoms with Gasteiger partial charge < -0.3 is 5.32 Å². The zero-order chi connectivity index (χ0) is 18.0. The van der Waals surface area contributed by atoms with Gasteiger partial charge >= 0.3 is 12.2 Å². The number of halogens is 3. The summed E-state index contributed by atoms with van der Waals surface area (Å²) < 4.78 is 37.6. The highest BCUT2D eigenvalue weighted by molar-refractivity contribution is 7.09. The van der Waals surface area contributed by atoms with E-state index >= 15 is 0 Å². The smallest absolute Gasteiger partial charge is 0.334 e. The highest BCUT2D eigenvalue weighted by Gasteiger charge is 2.40. The molecule has 1 aromatic heterocycles. The summed E-state index contributed by atoms with van der Waals surface area (Å²) in [6.07, 6.45) is -3.44. The molecule has 0 radical (unpaired) electrons. The standard InChI is InChI=1S/C17H15F3N2O2S/c18-17(19,20)12-5-3-11(4-6-12)10-21-16(24)22-13(9-15(22)23)8-14-2-1-7-25-14/h1-7,13H,8-10H2,(H,21,24)/t13-/m0/s1. The fraction of sp³-hybridized carbons (Fsp3) is 0.294. The number of hydrogen-bond donors (Lipinski definition) is 1. The van der Waals surface area contributed by atoms with Gasteiger partial charge in [-0.3, -0.25) is 9.69 Å². The van der Waals surface area contributed by atoms with Crippen molar-refractivity contribution in [3.05, 3.63) is 57.8 Å². The first-order valence-corrected chi connectivity index (χ1v) is 8.51. The van der Waals surface area contributed by atoms with Gasteiger partial charge in [0.1, 0.15) is 0 Å². The molecule has 2 aromatic rings. The van der Waals surface area contributed by atoms with E-state index in [1.165, 1.54) is 17.0 Å². The number of imide groups is 1. The van der Waals surface area contributed by atoms with Crippen molar-refractivity contribution in [2.45, 2.75) is 31.6 Å². The fourth-order valence-electron chi connectivity index (χ4n) is 2.66. The predicted octanol–water partition coefficient (Wildman–Crippen LogP) is 3.82. The molecule has 0 aliphatic carbocycles. The molecule has 25 heavy (non-hydrogen) atoms. The van der Waals surface area contributed by atoms with Gasteiger partial charge in [0.15, 0.2) is 0 Å². The van der Waals surface area contributed by atoms with Crippen LogP contribution in [0.25, 0.3) is 0 Å². The third-order valence-electron chi connectivity index (χ3n) is 4.00. The van der Waals surface area contributed by atoms with Crippen molar-refractivity contribution < 1.29 is 22.8 Å². The topological polar surface area (TPSA) is 49.4 Å². The van der Waals surface area contributed by atoms with Crippen LogP contribution in [-0.4, -0.2) is 22.9 Å². The van der Waals surface area contributed by atoms with Gasteiger partial charge in [0.25, 0.3) is 0 Å². The maximum atomic E-state index is 12.5. The molecule has 2 heterocycles. The number of urea groups is 1. The lowest BCUT2D eigenvalue weighted by Gasteiger charge is -2.38. The molecular weight excluding hydrogens is 353 g/mol. The quantitative estimate of drug-likeness (QED) is 0.834. The molecule has 1 aliphatic rings. The number of carbonyl (C=O) groups is 2. The SMILES string of the molecule is O=C1C[C@H](Cc2cccs2)N1C(=O)NCc1ccc(C(F)(F)F)cc1. The molecule has 8 heteroatoms. The lowest BCUT2D eigenvalue weighted by molar-refractivity contribution is -0.140. The average Bonchev–Trinajstić information content (AvgIpc) is 3.05. The van der Waals surface area contributed by atoms with Crippen molar-refractivity contribution in [2.24, 2.45) is 0 Å². The average molecular weight is 368 g/mol. The zero-order valence-corrected chi connectivity index (χ0v) is 13.9. The van der Waals surface area contributed by atoms with Crippen LogP contribution in [0.1, 0.15) is 22.4 Å². The third kappa shape index (κ3) is 4.01. The van der Waals surface area contributed by atoms with Crippen molar-refractivity contribution in [2.75, 3.05) is 0 Å². The summed E-state index contributed by atoms with van der Waals surface area (Å²) in [5.41, 5.74) is -0.208. The highest BCUT2D eigenvalue weighted by atomic mass is 32.1. The highest BCUT2D eigenvalue weighted by Crippen LogP contribution is 2.29. The molecule has 1 aliphatic heterocycles. The lowest BCUT2D eigenvalue weighted by atomic mass is 9.98.